The van der Waals surface area contributed by atoms with Crippen molar-refractivity contribution in [3.63, 3.8) is 0 Å². The molecule has 1 amide bonds. The average molecular weight is 460 g/mol. The second-order valence-corrected chi connectivity index (χ2v) is 7.92. The minimum Gasteiger partial charge on any atom is -0.497 e. The zero-order valence-electron chi connectivity index (χ0n) is 18.8. The van der Waals surface area contributed by atoms with E-state index >= 15 is 0 Å². The van der Waals surface area contributed by atoms with E-state index in [0.29, 0.717) is 17.0 Å². The van der Waals surface area contributed by atoms with E-state index in [-0.39, 0.29) is 5.69 Å². The molecule has 0 spiro atoms. The summed E-state index contributed by atoms with van der Waals surface area (Å²) in [5.74, 6) is -0.366. The number of nitrogens with one attached hydrogen (secondary N) is 2. The number of aromatic nitrogens is 2. The minimum atomic E-state index is -1.29. The molecule has 0 saturated carbocycles. The van der Waals surface area contributed by atoms with Gasteiger partial charge in [-0.05, 0) is 53.9 Å². The molecule has 34 heavy (non-hydrogen) atoms. The summed E-state index contributed by atoms with van der Waals surface area (Å²) in [6, 6.07) is 21.9. The predicted molar refractivity (Wildman–Crippen MR) is 129 cm³/mol. The number of hydrogen-bond donors (Lipinski definition) is 4. The molecule has 0 aliphatic rings. The third kappa shape index (κ3) is 4.87. The first kappa shape index (κ1) is 22.9. The molecule has 174 valence electrons. The Kier molecular flexibility index (Phi) is 6.51. The molecule has 1 aromatic heterocycles. The number of imidazole rings is 1. The van der Waals surface area contributed by atoms with E-state index in [2.05, 4.69) is 10.3 Å². The Morgan fingerprint density at radius 1 is 1.06 bits per heavy atom. The van der Waals surface area contributed by atoms with E-state index in [1.54, 1.807) is 49.6 Å². The molecule has 4 aromatic rings. The summed E-state index contributed by atoms with van der Waals surface area (Å²) in [6.45, 7) is 1.58. The van der Waals surface area contributed by atoms with Crippen molar-refractivity contribution in [2.24, 2.45) is 0 Å². The lowest BCUT2D eigenvalue weighted by Crippen LogP contribution is -2.25. The summed E-state index contributed by atoms with van der Waals surface area (Å²) in [7, 11) is 1.54. The molecule has 0 saturated heterocycles. The van der Waals surface area contributed by atoms with Gasteiger partial charge >= 0.3 is 5.69 Å². The molecule has 8 nitrogen and oxygen atoms in total. The molecule has 0 radical (unpaired) electrons. The maximum Gasteiger partial charge on any atom is 0.329 e. The lowest BCUT2D eigenvalue weighted by molar-refractivity contribution is -0.116. The molecule has 0 bridgehead atoms. The lowest BCUT2D eigenvalue weighted by atomic mass is 9.99. The number of carbonyl (C=O) groups is 1. The van der Waals surface area contributed by atoms with Crippen LogP contribution in [-0.4, -0.2) is 32.8 Å². The van der Waals surface area contributed by atoms with Gasteiger partial charge in [-0.2, -0.15) is 0 Å². The quantitative estimate of drug-likeness (QED) is 0.337. The highest BCUT2D eigenvalue weighted by Gasteiger charge is 2.23. The van der Waals surface area contributed by atoms with Gasteiger partial charge < -0.3 is 25.3 Å². The van der Waals surface area contributed by atoms with Crippen LogP contribution >= 0.6 is 0 Å². The number of aliphatic hydroxyl groups is 1. The van der Waals surface area contributed by atoms with Gasteiger partial charge in [0.1, 0.15) is 24.1 Å². The van der Waals surface area contributed by atoms with Crippen molar-refractivity contribution in [3.05, 3.63) is 100 Å². The van der Waals surface area contributed by atoms with Crippen LogP contribution in [-0.2, 0) is 11.3 Å². The first-order chi connectivity index (χ1) is 16.4. The molecular weight excluding hydrogens is 434 g/mol. The molecule has 4 N–H and O–H groups in total. The van der Waals surface area contributed by atoms with Crippen molar-refractivity contribution < 1.29 is 19.7 Å². The average Bonchev–Trinajstić information content (AvgIpc) is 3.13. The lowest BCUT2D eigenvalue weighted by Gasteiger charge is -2.12. The van der Waals surface area contributed by atoms with Crippen molar-refractivity contribution in [2.45, 2.75) is 19.6 Å². The van der Waals surface area contributed by atoms with Gasteiger partial charge in [0.2, 0.25) is 11.8 Å². The summed E-state index contributed by atoms with van der Waals surface area (Å²) >= 11 is 0. The van der Waals surface area contributed by atoms with Crippen LogP contribution < -0.4 is 15.7 Å². The molecule has 4 rings (SSSR count). The Hall–Kier alpha value is -4.30. The third-order valence-corrected chi connectivity index (χ3v) is 5.52. The first-order valence-corrected chi connectivity index (χ1v) is 10.7. The maximum absolute atomic E-state index is 12.4. The molecule has 0 fully saturated rings. The Morgan fingerprint density at radius 3 is 2.44 bits per heavy atom. The maximum atomic E-state index is 12.4. The fourth-order valence-corrected chi connectivity index (χ4v) is 3.64. The number of aromatic hydroxyl groups is 1. The number of aliphatic hydroxyl groups excluding tert-OH is 1. The van der Waals surface area contributed by atoms with E-state index in [1.165, 1.54) is 0 Å². The van der Waals surface area contributed by atoms with Crippen LogP contribution in [0.3, 0.4) is 0 Å². The topological polar surface area (TPSA) is 117 Å². The van der Waals surface area contributed by atoms with Crippen molar-refractivity contribution >= 4 is 11.6 Å². The van der Waals surface area contributed by atoms with E-state index in [9.17, 15) is 19.8 Å². The summed E-state index contributed by atoms with van der Waals surface area (Å²) in [4.78, 5) is 27.3. The van der Waals surface area contributed by atoms with Crippen molar-refractivity contribution in [3.8, 4) is 22.8 Å². The molecule has 3 aromatic carbocycles. The summed E-state index contributed by atoms with van der Waals surface area (Å²) < 4.78 is 5.96. The van der Waals surface area contributed by atoms with Crippen LogP contribution in [0.5, 0.6) is 11.6 Å². The molecule has 1 atom stereocenters. The number of ether oxygens (including phenoxy) is 1. The van der Waals surface area contributed by atoms with Crippen molar-refractivity contribution in [1.29, 1.82) is 0 Å². The standard InChI is InChI=1S/C26H25N3O5/c1-16-6-8-17(9-7-16)18-4-3-5-19(14-18)24(31)23-25(32)29(26(33)28-23)15-22(30)27-20-10-12-21(34-2)13-11-20/h3-14,24,31-32H,15H2,1-2H3,(H,27,30)(H,28,33). The molecule has 1 heterocycles. The van der Waals surface area contributed by atoms with E-state index in [4.69, 9.17) is 4.74 Å². The molecule has 8 heteroatoms. The number of nitrogens with zero attached hydrogens (tertiary/aromatic N) is 1. The second-order valence-electron chi connectivity index (χ2n) is 7.92. The number of carbonyl (C=O) groups excluding carboxylic acids is 1. The van der Waals surface area contributed by atoms with Gasteiger partial charge in [-0.15, -0.1) is 0 Å². The number of aromatic amines is 1. The van der Waals surface area contributed by atoms with Crippen LogP contribution in [0, 0.1) is 6.92 Å². The van der Waals surface area contributed by atoms with Gasteiger partial charge in [-0.1, -0.05) is 48.0 Å². The number of rotatable bonds is 7. The number of aryl methyl sites for hydroxylation is 1. The zero-order valence-corrected chi connectivity index (χ0v) is 18.8. The summed E-state index contributed by atoms with van der Waals surface area (Å²) in [6.07, 6.45) is -1.29. The van der Waals surface area contributed by atoms with Crippen LogP contribution in [0.25, 0.3) is 11.1 Å². The molecule has 1 unspecified atom stereocenters. The van der Waals surface area contributed by atoms with Crippen LogP contribution in [0.1, 0.15) is 22.9 Å². The highest BCUT2D eigenvalue weighted by Crippen LogP contribution is 2.30. The first-order valence-electron chi connectivity index (χ1n) is 10.7. The SMILES string of the molecule is COc1ccc(NC(=O)Cn2c(O)c(C(O)c3cccc(-c4ccc(C)cc4)c3)[nH]c2=O)cc1. The molecule has 0 aliphatic heterocycles. The number of benzene rings is 3. The number of hydrogen-bond acceptors (Lipinski definition) is 5. The van der Waals surface area contributed by atoms with Gasteiger partial charge in [0.25, 0.3) is 0 Å². The fourth-order valence-electron chi connectivity index (χ4n) is 3.64. The highest BCUT2D eigenvalue weighted by molar-refractivity contribution is 5.90. The fraction of sp³-hybridized carbons (Fsp3) is 0.154. The van der Waals surface area contributed by atoms with Crippen LogP contribution in [0.2, 0.25) is 0 Å². The highest BCUT2D eigenvalue weighted by atomic mass is 16.5. The Balaban J connectivity index is 1.53. The van der Waals surface area contributed by atoms with E-state index < -0.39 is 30.1 Å². The monoisotopic (exact) mass is 459 g/mol. The second kappa shape index (κ2) is 9.68. The van der Waals surface area contributed by atoms with Gasteiger partial charge in [0.05, 0.1) is 7.11 Å². The van der Waals surface area contributed by atoms with E-state index in [0.717, 1.165) is 21.3 Å². The number of amides is 1. The zero-order chi connectivity index (χ0) is 24.2. The van der Waals surface area contributed by atoms with Crippen LogP contribution in [0.15, 0.2) is 77.6 Å². The predicted octanol–water partition coefficient (Wildman–Crippen LogP) is 3.59. The van der Waals surface area contributed by atoms with Crippen LogP contribution in [0.4, 0.5) is 5.69 Å². The van der Waals surface area contributed by atoms with Gasteiger partial charge in [-0.25, -0.2) is 4.79 Å². The smallest absolute Gasteiger partial charge is 0.329 e. The van der Waals surface area contributed by atoms with Gasteiger partial charge in [-0.3, -0.25) is 9.36 Å². The largest absolute Gasteiger partial charge is 0.497 e. The Morgan fingerprint density at radius 2 is 1.76 bits per heavy atom. The molecule has 0 aliphatic carbocycles. The number of H-pyrrole nitrogens is 1. The summed E-state index contributed by atoms with van der Waals surface area (Å²) in [5.41, 5.74) is 3.22. The minimum absolute atomic E-state index is 0.0803. The number of anilines is 1. The third-order valence-electron chi connectivity index (χ3n) is 5.52. The van der Waals surface area contributed by atoms with Gasteiger partial charge in [0, 0.05) is 5.69 Å². The number of methoxy groups -OCH3 is 1. The van der Waals surface area contributed by atoms with Gasteiger partial charge in [0.15, 0.2) is 0 Å². The Labute approximate surface area is 196 Å². The molecular formula is C26H25N3O5. The summed E-state index contributed by atoms with van der Waals surface area (Å²) in [5, 5.41) is 24.2. The van der Waals surface area contributed by atoms with E-state index in [1.807, 2.05) is 37.3 Å². The normalized spacial score (nSPS) is 11.7. The van der Waals surface area contributed by atoms with Crippen molar-refractivity contribution in [2.75, 3.05) is 12.4 Å². The Bertz CT molecular complexity index is 1350. The van der Waals surface area contributed by atoms with Crippen molar-refractivity contribution in [1.82, 2.24) is 9.55 Å².